The molecule has 1 aliphatic carbocycles. The predicted molar refractivity (Wildman–Crippen MR) is 81.2 cm³/mol. The lowest BCUT2D eigenvalue weighted by molar-refractivity contribution is -0.125. The number of hydrogen-bond donors (Lipinski definition) is 0. The average Bonchev–Trinajstić information content (AvgIpc) is 2.81. The van der Waals surface area contributed by atoms with Crippen LogP contribution in [0.3, 0.4) is 0 Å². The van der Waals surface area contributed by atoms with Crippen molar-refractivity contribution >= 4 is 22.6 Å². The van der Waals surface area contributed by atoms with Crippen LogP contribution in [0.5, 0.6) is 0 Å². The summed E-state index contributed by atoms with van der Waals surface area (Å²) in [6.07, 6.45) is 2.69. The number of para-hydroxylation sites is 2. The van der Waals surface area contributed by atoms with Crippen LogP contribution in [0.4, 0.5) is 0 Å². The summed E-state index contributed by atoms with van der Waals surface area (Å²) in [7, 11) is 1.86. The second-order valence-corrected chi connectivity index (χ2v) is 6.15. The van der Waals surface area contributed by atoms with Crippen LogP contribution in [0.2, 0.25) is 0 Å². The fourth-order valence-electron chi connectivity index (χ4n) is 3.23. The number of rotatable bonds is 3. The Morgan fingerprint density at radius 1 is 1.38 bits per heavy atom. The summed E-state index contributed by atoms with van der Waals surface area (Å²) in [5.74, 6) is 1.07. The van der Waals surface area contributed by atoms with Crippen LogP contribution in [-0.2, 0) is 11.8 Å². The summed E-state index contributed by atoms with van der Waals surface area (Å²) in [6, 6.07) is 7.70. The molecule has 0 amide bonds. The largest absolute Gasteiger partial charge is 0.325 e. The van der Waals surface area contributed by atoms with E-state index in [4.69, 9.17) is 0 Å². The first kappa shape index (κ1) is 14.0. The normalized spacial score (nSPS) is 22.7. The molecule has 1 saturated carbocycles. The topological polar surface area (TPSA) is 52.0 Å². The van der Waals surface area contributed by atoms with Crippen LogP contribution in [0, 0.1) is 11.8 Å². The zero-order chi connectivity index (χ0) is 15.0. The van der Waals surface area contributed by atoms with Gasteiger partial charge in [-0.25, -0.2) is 4.98 Å². The monoisotopic (exact) mass is 284 g/mol. The highest BCUT2D eigenvalue weighted by molar-refractivity contribution is 5.99. The molecule has 1 aromatic carbocycles. The molecule has 21 heavy (non-hydrogen) atoms. The zero-order valence-corrected chi connectivity index (χ0v) is 12.5. The Hall–Kier alpha value is -1.97. The Labute approximate surface area is 124 Å². The number of carbonyl (C=O) groups is 2. The van der Waals surface area contributed by atoms with Crippen molar-refractivity contribution in [2.45, 2.75) is 32.6 Å². The lowest BCUT2D eigenvalue weighted by Crippen LogP contribution is -2.26. The second kappa shape index (κ2) is 5.43. The van der Waals surface area contributed by atoms with E-state index in [-0.39, 0.29) is 17.5 Å². The number of Topliss-reactive ketones (excluding diaryl/α,β-unsaturated/α-hetero) is 2. The molecule has 0 radical (unpaired) electrons. The number of imidazole rings is 1. The molecule has 0 N–H and O–H groups in total. The lowest BCUT2D eigenvalue weighted by atomic mass is 9.79. The van der Waals surface area contributed by atoms with Crippen molar-refractivity contribution in [3.05, 3.63) is 30.1 Å². The van der Waals surface area contributed by atoms with Crippen molar-refractivity contribution in [3.8, 4) is 0 Å². The Kier molecular flexibility index (Phi) is 3.62. The highest BCUT2D eigenvalue weighted by Gasteiger charge is 2.29. The molecule has 4 nitrogen and oxygen atoms in total. The van der Waals surface area contributed by atoms with E-state index in [2.05, 4.69) is 11.9 Å². The van der Waals surface area contributed by atoms with Gasteiger partial charge in [-0.15, -0.1) is 0 Å². The van der Waals surface area contributed by atoms with E-state index in [9.17, 15) is 9.59 Å². The van der Waals surface area contributed by atoms with Crippen molar-refractivity contribution in [2.75, 3.05) is 0 Å². The number of carbonyl (C=O) groups excluding carboxylic acids is 2. The molecule has 0 bridgehead atoms. The summed E-state index contributed by atoms with van der Waals surface area (Å²) in [6.45, 7) is 2.15. The van der Waals surface area contributed by atoms with E-state index in [1.807, 2.05) is 35.9 Å². The Morgan fingerprint density at radius 3 is 2.90 bits per heavy atom. The Balaban J connectivity index is 1.84. The van der Waals surface area contributed by atoms with Crippen LogP contribution in [0.1, 0.15) is 43.2 Å². The number of aromatic nitrogens is 2. The van der Waals surface area contributed by atoms with Gasteiger partial charge in [0, 0.05) is 25.8 Å². The maximum atomic E-state index is 12.5. The van der Waals surface area contributed by atoms with Gasteiger partial charge >= 0.3 is 0 Å². The van der Waals surface area contributed by atoms with Crippen molar-refractivity contribution in [1.29, 1.82) is 0 Å². The molecule has 1 aliphatic rings. The minimum absolute atomic E-state index is 0.0267. The molecule has 0 saturated heterocycles. The third-order valence-electron chi connectivity index (χ3n) is 4.49. The van der Waals surface area contributed by atoms with Crippen molar-refractivity contribution in [1.82, 2.24) is 9.55 Å². The fraction of sp³-hybridized carbons (Fsp3) is 0.471. The van der Waals surface area contributed by atoms with Gasteiger partial charge in [0.2, 0.25) is 0 Å². The van der Waals surface area contributed by atoms with E-state index in [0.29, 0.717) is 24.6 Å². The molecule has 4 heteroatoms. The lowest BCUT2D eigenvalue weighted by Gasteiger charge is -2.24. The van der Waals surface area contributed by atoms with Crippen LogP contribution >= 0.6 is 0 Å². The van der Waals surface area contributed by atoms with Gasteiger partial charge in [0.25, 0.3) is 0 Å². The van der Waals surface area contributed by atoms with Crippen molar-refractivity contribution < 1.29 is 9.59 Å². The first-order valence-electron chi connectivity index (χ1n) is 7.53. The zero-order valence-electron chi connectivity index (χ0n) is 12.5. The number of fused-ring (bicyclic) bond motifs is 1. The quantitative estimate of drug-likeness (QED) is 0.814. The highest BCUT2D eigenvalue weighted by atomic mass is 16.1. The SMILES string of the molecule is CC1CCC(=O)C(CC(=O)c2nc3ccccc3n2C)C1. The van der Waals surface area contributed by atoms with Crippen LogP contribution in [-0.4, -0.2) is 21.1 Å². The van der Waals surface area contributed by atoms with Crippen LogP contribution in [0.25, 0.3) is 11.0 Å². The molecule has 2 unspecified atom stereocenters. The summed E-state index contributed by atoms with van der Waals surface area (Å²) in [5, 5.41) is 0. The summed E-state index contributed by atoms with van der Waals surface area (Å²) in [4.78, 5) is 28.9. The minimum atomic E-state index is -0.124. The van der Waals surface area contributed by atoms with E-state index >= 15 is 0 Å². The maximum Gasteiger partial charge on any atom is 0.199 e. The first-order chi connectivity index (χ1) is 10.1. The van der Waals surface area contributed by atoms with Crippen LogP contribution < -0.4 is 0 Å². The third kappa shape index (κ3) is 2.62. The second-order valence-electron chi connectivity index (χ2n) is 6.15. The molecule has 0 aliphatic heterocycles. The van der Waals surface area contributed by atoms with Crippen LogP contribution in [0.15, 0.2) is 24.3 Å². The number of benzene rings is 1. The number of hydrogen-bond acceptors (Lipinski definition) is 3. The standard InChI is InChI=1S/C17H20N2O2/c1-11-7-8-15(20)12(9-11)10-16(21)17-18-13-5-3-4-6-14(13)19(17)2/h3-6,11-12H,7-10H2,1-2H3. The molecule has 3 rings (SSSR count). The maximum absolute atomic E-state index is 12.5. The number of ketones is 2. The van der Waals surface area contributed by atoms with Crippen molar-refractivity contribution in [2.24, 2.45) is 18.9 Å². The molecular formula is C17H20N2O2. The molecule has 1 heterocycles. The third-order valence-corrected chi connectivity index (χ3v) is 4.49. The predicted octanol–water partition coefficient (Wildman–Crippen LogP) is 3.15. The van der Waals surface area contributed by atoms with E-state index in [1.165, 1.54) is 0 Å². The summed E-state index contributed by atoms with van der Waals surface area (Å²) in [5.41, 5.74) is 1.77. The van der Waals surface area contributed by atoms with E-state index < -0.39 is 0 Å². The molecule has 110 valence electrons. The van der Waals surface area contributed by atoms with E-state index in [1.54, 1.807) is 0 Å². The number of aryl methyl sites for hydroxylation is 1. The Bertz CT molecular complexity index is 702. The molecule has 2 atom stereocenters. The van der Waals surface area contributed by atoms with Gasteiger partial charge in [-0.1, -0.05) is 19.1 Å². The smallest absolute Gasteiger partial charge is 0.199 e. The summed E-state index contributed by atoms with van der Waals surface area (Å²) >= 11 is 0. The molecular weight excluding hydrogens is 264 g/mol. The first-order valence-corrected chi connectivity index (χ1v) is 7.53. The number of nitrogens with zero attached hydrogens (tertiary/aromatic N) is 2. The van der Waals surface area contributed by atoms with Gasteiger partial charge in [0.05, 0.1) is 11.0 Å². The minimum Gasteiger partial charge on any atom is -0.325 e. The van der Waals surface area contributed by atoms with Gasteiger partial charge < -0.3 is 4.57 Å². The molecule has 1 aromatic heterocycles. The fourth-order valence-corrected chi connectivity index (χ4v) is 3.23. The van der Waals surface area contributed by atoms with Gasteiger partial charge in [0.1, 0.15) is 5.78 Å². The molecule has 1 fully saturated rings. The van der Waals surface area contributed by atoms with Gasteiger partial charge in [-0.3, -0.25) is 9.59 Å². The highest BCUT2D eigenvalue weighted by Crippen LogP contribution is 2.29. The summed E-state index contributed by atoms with van der Waals surface area (Å²) < 4.78 is 1.83. The van der Waals surface area contributed by atoms with E-state index in [0.717, 1.165) is 23.9 Å². The Morgan fingerprint density at radius 2 is 2.14 bits per heavy atom. The van der Waals surface area contributed by atoms with Gasteiger partial charge in [-0.2, -0.15) is 0 Å². The molecule has 0 spiro atoms. The van der Waals surface area contributed by atoms with Crippen molar-refractivity contribution in [3.63, 3.8) is 0 Å². The van der Waals surface area contributed by atoms with Gasteiger partial charge in [0.15, 0.2) is 11.6 Å². The average molecular weight is 284 g/mol. The van der Waals surface area contributed by atoms with Gasteiger partial charge in [-0.05, 0) is 30.9 Å². The molecule has 2 aromatic rings.